The summed E-state index contributed by atoms with van der Waals surface area (Å²) >= 11 is 9.24. The molecule has 7 heteroatoms. The molecule has 21 heavy (non-hydrogen) atoms. The number of rotatable bonds is 2. The van der Waals surface area contributed by atoms with E-state index in [4.69, 9.17) is 11.6 Å². The number of carbonyl (C=O) groups is 1. The molecule has 0 bridgehead atoms. The van der Waals surface area contributed by atoms with Crippen molar-refractivity contribution in [3.63, 3.8) is 0 Å². The molecule has 1 N–H and O–H groups in total. The second kappa shape index (κ2) is 5.46. The monoisotopic (exact) mass is 364 g/mol. The van der Waals surface area contributed by atoms with Gasteiger partial charge in [-0.25, -0.2) is 4.98 Å². The highest BCUT2D eigenvalue weighted by Gasteiger charge is 2.13. The van der Waals surface area contributed by atoms with Crippen LogP contribution >= 0.6 is 27.5 Å². The van der Waals surface area contributed by atoms with E-state index < -0.39 is 0 Å². The Morgan fingerprint density at radius 1 is 1.33 bits per heavy atom. The largest absolute Gasteiger partial charge is 0.313 e. The number of pyridine rings is 1. The molecule has 3 rings (SSSR count). The number of fused-ring (bicyclic) bond motifs is 1. The van der Waals surface area contributed by atoms with Crippen molar-refractivity contribution >= 4 is 50.4 Å². The highest BCUT2D eigenvalue weighted by atomic mass is 79.9. The molecule has 0 radical (unpaired) electrons. The molecule has 0 spiro atoms. The number of imidazole rings is 1. The maximum absolute atomic E-state index is 12.2. The molecule has 0 atom stereocenters. The maximum atomic E-state index is 12.2. The minimum Gasteiger partial charge on any atom is -0.313 e. The first-order valence-corrected chi connectivity index (χ1v) is 7.25. The molecular formula is C14H10BrClN4O. The normalized spacial score (nSPS) is 10.8. The summed E-state index contributed by atoms with van der Waals surface area (Å²) in [5, 5.41) is 3.38. The lowest BCUT2D eigenvalue weighted by molar-refractivity contribution is 0.102. The standard InChI is InChI=1S/C14H10BrClN4O/c1-20-12-3-2-10(16)5-11(12)18-14(20)19-13(21)8-4-9(15)7-17-6-8/h2-7H,1H3,(H,18,19,21). The summed E-state index contributed by atoms with van der Waals surface area (Å²) in [6.45, 7) is 0. The lowest BCUT2D eigenvalue weighted by Gasteiger charge is -2.05. The smallest absolute Gasteiger partial charge is 0.259 e. The topological polar surface area (TPSA) is 59.8 Å². The van der Waals surface area contributed by atoms with Crippen molar-refractivity contribution in [3.8, 4) is 0 Å². The Morgan fingerprint density at radius 3 is 2.90 bits per heavy atom. The van der Waals surface area contributed by atoms with Gasteiger partial charge in [-0.3, -0.25) is 15.1 Å². The fourth-order valence-electron chi connectivity index (χ4n) is 1.99. The first-order valence-electron chi connectivity index (χ1n) is 6.08. The number of aryl methyl sites for hydroxylation is 1. The number of aromatic nitrogens is 3. The van der Waals surface area contributed by atoms with E-state index in [1.807, 2.05) is 13.1 Å². The van der Waals surface area contributed by atoms with Crippen molar-refractivity contribution in [1.29, 1.82) is 0 Å². The van der Waals surface area contributed by atoms with Gasteiger partial charge in [0.05, 0.1) is 16.6 Å². The number of nitrogens with one attached hydrogen (secondary N) is 1. The number of hydrogen-bond donors (Lipinski definition) is 1. The zero-order valence-corrected chi connectivity index (χ0v) is 13.3. The SMILES string of the molecule is Cn1c(NC(=O)c2cncc(Br)c2)nc2cc(Cl)ccc21. The molecule has 0 saturated heterocycles. The number of carbonyl (C=O) groups excluding carboxylic acids is 1. The highest BCUT2D eigenvalue weighted by molar-refractivity contribution is 9.10. The molecule has 1 aromatic carbocycles. The van der Waals surface area contributed by atoms with Gasteiger partial charge < -0.3 is 4.57 Å². The molecular weight excluding hydrogens is 356 g/mol. The summed E-state index contributed by atoms with van der Waals surface area (Å²) in [6.07, 6.45) is 3.12. The molecule has 0 aliphatic rings. The van der Waals surface area contributed by atoms with Gasteiger partial charge in [0.15, 0.2) is 0 Å². The third-order valence-electron chi connectivity index (χ3n) is 3.04. The van der Waals surface area contributed by atoms with E-state index in [-0.39, 0.29) is 5.91 Å². The minimum absolute atomic E-state index is 0.270. The van der Waals surface area contributed by atoms with Crippen LogP contribution in [0, 0.1) is 0 Å². The summed E-state index contributed by atoms with van der Waals surface area (Å²) in [6, 6.07) is 7.10. The van der Waals surface area contributed by atoms with Crippen molar-refractivity contribution < 1.29 is 4.79 Å². The van der Waals surface area contributed by atoms with Crippen molar-refractivity contribution in [2.75, 3.05) is 5.32 Å². The summed E-state index contributed by atoms with van der Waals surface area (Å²) in [7, 11) is 1.83. The third kappa shape index (κ3) is 2.77. The van der Waals surface area contributed by atoms with Gasteiger partial charge in [-0.15, -0.1) is 0 Å². The summed E-state index contributed by atoms with van der Waals surface area (Å²) in [5.41, 5.74) is 2.07. The fourth-order valence-corrected chi connectivity index (χ4v) is 2.53. The fraction of sp³-hybridized carbons (Fsp3) is 0.0714. The van der Waals surface area contributed by atoms with Crippen LogP contribution in [0.4, 0.5) is 5.95 Å². The van der Waals surface area contributed by atoms with Gasteiger partial charge in [0.25, 0.3) is 5.91 Å². The Labute approximate surface area is 134 Å². The summed E-state index contributed by atoms with van der Waals surface area (Å²) < 4.78 is 2.54. The highest BCUT2D eigenvalue weighted by Crippen LogP contribution is 2.22. The molecule has 0 unspecified atom stereocenters. The molecule has 2 aromatic heterocycles. The summed E-state index contributed by atoms with van der Waals surface area (Å²) in [5.74, 6) is 0.186. The van der Waals surface area contributed by atoms with Gasteiger partial charge in [-0.2, -0.15) is 0 Å². The van der Waals surface area contributed by atoms with Crippen molar-refractivity contribution in [2.45, 2.75) is 0 Å². The van der Waals surface area contributed by atoms with Crippen LogP contribution in [-0.2, 0) is 7.05 Å². The number of halogens is 2. The molecule has 1 amide bonds. The van der Waals surface area contributed by atoms with Gasteiger partial charge in [-0.1, -0.05) is 11.6 Å². The van der Waals surface area contributed by atoms with E-state index in [9.17, 15) is 4.79 Å². The van der Waals surface area contributed by atoms with E-state index in [0.29, 0.717) is 16.5 Å². The van der Waals surface area contributed by atoms with Crippen molar-refractivity contribution in [1.82, 2.24) is 14.5 Å². The van der Waals surface area contributed by atoms with Gasteiger partial charge in [0.2, 0.25) is 5.95 Å². The Kier molecular flexibility index (Phi) is 3.65. The van der Waals surface area contributed by atoms with E-state index >= 15 is 0 Å². The minimum atomic E-state index is -0.270. The van der Waals surface area contributed by atoms with E-state index in [2.05, 4.69) is 31.2 Å². The molecule has 3 aromatic rings. The van der Waals surface area contributed by atoms with Crippen LogP contribution in [-0.4, -0.2) is 20.4 Å². The number of nitrogens with zero attached hydrogens (tertiary/aromatic N) is 3. The number of benzene rings is 1. The van der Waals surface area contributed by atoms with Crippen LogP contribution < -0.4 is 5.32 Å². The molecule has 0 aliphatic carbocycles. The molecule has 0 fully saturated rings. The number of amides is 1. The first-order chi connectivity index (χ1) is 10.0. The molecule has 0 aliphatic heterocycles. The Morgan fingerprint density at radius 2 is 2.14 bits per heavy atom. The predicted molar refractivity (Wildman–Crippen MR) is 85.6 cm³/mol. The van der Waals surface area contributed by atoms with Crippen molar-refractivity contribution in [2.24, 2.45) is 7.05 Å². The Balaban J connectivity index is 1.94. The lowest BCUT2D eigenvalue weighted by atomic mass is 10.3. The predicted octanol–water partition coefficient (Wildman–Crippen LogP) is 3.64. The van der Waals surface area contributed by atoms with Crippen LogP contribution in [0.5, 0.6) is 0 Å². The van der Waals surface area contributed by atoms with Crippen molar-refractivity contribution in [3.05, 3.63) is 51.7 Å². The molecule has 2 heterocycles. The van der Waals surface area contributed by atoms with Gasteiger partial charge in [0, 0.05) is 28.9 Å². The number of hydrogen-bond acceptors (Lipinski definition) is 3. The van der Waals surface area contributed by atoms with Crippen LogP contribution in [0.2, 0.25) is 5.02 Å². The quantitative estimate of drug-likeness (QED) is 0.754. The van der Waals surface area contributed by atoms with Gasteiger partial charge in [-0.05, 0) is 40.2 Å². The van der Waals surface area contributed by atoms with Crippen LogP contribution in [0.3, 0.4) is 0 Å². The third-order valence-corrected chi connectivity index (χ3v) is 3.70. The van der Waals surface area contributed by atoms with Crippen LogP contribution in [0.15, 0.2) is 41.1 Å². The van der Waals surface area contributed by atoms with E-state index in [0.717, 1.165) is 15.5 Å². The van der Waals surface area contributed by atoms with E-state index in [1.165, 1.54) is 6.20 Å². The Hall–Kier alpha value is -1.92. The zero-order valence-electron chi connectivity index (χ0n) is 11.0. The Bertz CT molecular complexity index is 846. The molecule has 0 saturated carbocycles. The average molecular weight is 366 g/mol. The average Bonchev–Trinajstić information content (AvgIpc) is 2.74. The number of anilines is 1. The van der Waals surface area contributed by atoms with Gasteiger partial charge >= 0.3 is 0 Å². The van der Waals surface area contributed by atoms with Crippen LogP contribution in [0.25, 0.3) is 11.0 Å². The molecule has 106 valence electrons. The second-order valence-electron chi connectivity index (χ2n) is 4.47. The maximum Gasteiger partial charge on any atom is 0.259 e. The summed E-state index contributed by atoms with van der Waals surface area (Å²) in [4.78, 5) is 20.6. The molecule has 5 nitrogen and oxygen atoms in total. The first kappa shape index (κ1) is 14.0. The van der Waals surface area contributed by atoms with Gasteiger partial charge in [0.1, 0.15) is 0 Å². The second-order valence-corrected chi connectivity index (χ2v) is 5.83. The van der Waals surface area contributed by atoms with E-state index in [1.54, 1.807) is 29.0 Å². The zero-order chi connectivity index (χ0) is 15.0. The van der Waals surface area contributed by atoms with Crippen LogP contribution in [0.1, 0.15) is 10.4 Å². The lowest BCUT2D eigenvalue weighted by Crippen LogP contribution is -2.15.